The van der Waals surface area contributed by atoms with Crippen molar-refractivity contribution in [3.8, 4) is 6.07 Å². The summed E-state index contributed by atoms with van der Waals surface area (Å²) in [6.45, 7) is 1.39. The Kier molecular flexibility index (Phi) is 4.65. The summed E-state index contributed by atoms with van der Waals surface area (Å²) in [5.74, 6) is 0. The summed E-state index contributed by atoms with van der Waals surface area (Å²) >= 11 is 5.94. The number of hydrogen-bond acceptors (Lipinski definition) is 4. The maximum Gasteiger partial charge on any atom is 0.101 e. The van der Waals surface area contributed by atoms with E-state index in [1.165, 1.54) is 0 Å². The molecular formula is C14H18ClN3O. The van der Waals surface area contributed by atoms with Gasteiger partial charge in [0.25, 0.3) is 0 Å². The highest BCUT2D eigenvalue weighted by Crippen LogP contribution is 2.30. The lowest BCUT2D eigenvalue weighted by atomic mass is 9.97. The molecule has 2 N–H and O–H groups in total. The number of halogens is 1. The topological polar surface area (TPSA) is 62.3 Å². The number of rotatable bonds is 3. The Morgan fingerprint density at radius 3 is 3.00 bits per heavy atom. The highest BCUT2D eigenvalue weighted by Gasteiger charge is 2.28. The van der Waals surface area contributed by atoms with E-state index in [4.69, 9.17) is 22.1 Å². The molecule has 1 fully saturated rings. The van der Waals surface area contributed by atoms with Crippen LogP contribution >= 0.6 is 11.6 Å². The van der Waals surface area contributed by atoms with Gasteiger partial charge in [-0.05, 0) is 31.0 Å². The van der Waals surface area contributed by atoms with Crippen LogP contribution in [0.1, 0.15) is 18.4 Å². The van der Waals surface area contributed by atoms with Crippen LogP contribution in [-0.4, -0.2) is 32.3 Å². The summed E-state index contributed by atoms with van der Waals surface area (Å²) in [6.07, 6.45) is 2.09. The van der Waals surface area contributed by atoms with Crippen molar-refractivity contribution in [3.63, 3.8) is 0 Å². The number of ether oxygens (including phenoxy) is 1. The Balaban J connectivity index is 2.28. The lowest BCUT2D eigenvalue weighted by Gasteiger charge is -2.40. The molecule has 0 saturated carbocycles. The third-order valence-corrected chi connectivity index (χ3v) is 3.90. The minimum absolute atomic E-state index is 0.201. The normalized spacial score (nSPS) is 23.2. The molecule has 19 heavy (non-hydrogen) atoms. The zero-order valence-corrected chi connectivity index (χ0v) is 11.7. The number of nitrogens with zero attached hydrogens (tertiary/aromatic N) is 2. The first-order chi connectivity index (χ1) is 9.19. The highest BCUT2D eigenvalue weighted by molar-refractivity contribution is 6.30. The van der Waals surface area contributed by atoms with Crippen LogP contribution in [0.4, 0.5) is 5.69 Å². The Morgan fingerprint density at radius 2 is 2.37 bits per heavy atom. The molecule has 4 nitrogen and oxygen atoms in total. The van der Waals surface area contributed by atoms with Crippen molar-refractivity contribution in [3.05, 3.63) is 28.8 Å². The van der Waals surface area contributed by atoms with Gasteiger partial charge < -0.3 is 15.4 Å². The summed E-state index contributed by atoms with van der Waals surface area (Å²) in [5.41, 5.74) is 7.38. The van der Waals surface area contributed by atoms with Crippen molar-refractivity contribution in [1.82, 2.24) is 0 Å². The third-order valence-electron chi connectivity index (χ3n) is 3.66. The van der Waals surface area contributed by atoms with E-state index >= 15 is 0 Å². The molecule has 0 aliphatic carbocycles. The maximum absolute atomic E-state index is 9.24. The van der Waals surface area contributed by atoms with Gasteiger partial charge in [-0.3, -0.25) is 0 Å². The van der Waals surface area contributed by atoms with Gasteiger partial charge in [0, 0.05) is 31.3 Å². The van der Waals surface area contributed by atoms with Crippen molar-refractivity contribution >= 4 is 17.3 Å². The van der Waals surface area contributed by atoms with Crippen molar-refractivity contribution in [1.29, 1.82) is 5.26 Å². The van der Waals surface area contributed by atoms with Crippen molar-refractivity contribution < 1.29 is 4.74 Å². The molecule has 0 aromatic heterocycles. The average Bonchev–Trinajstić information content (AvgIpc) is 2.46. The van der Waals surface area contributed by atoms with E-state index in [0.717, 1.165) is 25.1 Å². The van der Waals surface area contributed by atoms with E-state index < -0.39 is 0 Å². The second-order valence-corrected chi connectivity index (χ2v) is 5.17. The van der Waals surface area contributed by atoms with Gasteiger partial charge in [0.15, 0.2) is 0 Å². The van der Waals surface area contributed by atoms with E-state index in [2.05, 4.69) is 11.0 Å². The number of piperidine rings is 1. The molecule has 1 aliphatic heterocycles. The fourth-order valence-corrected chi connectivity index (χ4v) is 2.79. The van der Waals surface area contributed by atoms with Gasteiger partial charge in [-0.2, -0.15) is 5.26 Å². The van der Waals surface area contributed by atoms with Crippen LogP contribution in [0.5, 0.6) is 0 Å². The van der Waals surface area contributed by atoms with Crippen LogP contribution in [0.15, 0.2) is 18.2 Å². The molecule has 2 rings (SSSR count). The molecule has 1 saturated heterocycles. The van der Waals surface area contributed by atoms with Gasteiger partial charge in [0.05, 0.1) is 17.4 Å². The summed E-state index contributed by atoms with van der Waals surface area (Å²) in [6, 6.07) is 7.82. The van der Waals surface area contributed by atoms with Gasteiger partial charge in [-0.25, -0.2) is 0 Å². The van der Waals surface area contributed by atoms with Crippen LogP contribution < -0.4 is 10.6 Å². The van der Waals surface area contributed by atoms with E-state index in [0.29, 0.717) is 17.1 Å². The standard InChI is InChI=1S/C14H18ClN3O/c1-19-13-4-5-18(12(7-13)9-17)14-3-2-11(15)6-10(14)8-16/h2-3,6,12-13H,4-5,7,9,17H2,1H3. The predicted molar refractivity (Wildman–Crippen MR) is 76.4 cm³/mol. The quantitative estimate of drug-likeness (QED) is 0.921. The van der Waals surface area contributed by atoms with Crippen LogP contribution in [0, 0.1) is 11.3 Å². The number of methoxy groups -OCH3 is 1. The largest absolute Gasteiger partial charge is 0.381 e. The molecule has 0 spiro atoms. The van der Waals surface area contributed by atoms with E-state index in [1.54, 1.807) is 13.2 Å². The van der Waals surface area contributed by atoms with Crippen molar-refractivity contribution in [2.24, 2.45) is 5.73 Å². The fraction of sp³-hybridized carbons (Fsp3) is 0.500. The van der Waals surface area contributed by atoms with Gasteiger partial charge in [-0.15, -0.1) is 0 Å². The highest BCUT2D eigenvalue weighted by atomic mass is 35.5. The lowest BCUT2D eigenvalue weighted by molar-refractivity contribution is 0.0709. The van der Waals surface area contributed by atoms with Crippen molar-refractivity contribution in [2.45, 2.75) is 25.0 Å². The first-order valence-corrected chi connectivity index (χ1v) is 6.76. The number of anilines is 1. The molecule has 1 aromatic rings. The molecule has 0 bridgehead atoms. The molecular weight excluding hydrogens is 262 g/mol. The third kappa shape index (κ3) is 3.01. The summed E-state index contributed by atoms with van der Waals surface area (Å²) in [7, 11) is 1.73. The maximum atomic E-state index is 9.24. The molecule has 2 atom stereocenters. The fourth-order valence-electron chi connectivity index (χ4n) is 2.62. The lowest BCUT2D eigenvalue weighted by Crippen LogP contribution is -2.49. The van der Waals surface area contributed by atoms with Crippen LogP contribution in [0.25, 0.3) is 0 Å². The summed E-state index contributed by atoms with van der Waals surface area (Å²) in [4.78, 5) is 2.20. The van der Waals surface area contributed by atoms with E-state index in [-0.39, 0.29) is 12.1 Å². The molecule has 2 unspecified atom stereocenters. The Labute approximate surface area is 118 Å². The van der Waals surface area contributed by atoms with Crippen LogP contribution in [0.2, 0.25) is 5.02 Å². The Bertz CT molecular complexity index is 486. The first-order valence-electron chi connectivity index (χ1n) is 6.38. The number of nitrogens with two attached hydrogens (primary N) is 1. The van der Waals surface area contributed by atoms with Crippen molar-refractivity contribution in [2.75, 3.05) is 25.1 Å². The molecule has 1 heterocycles. The number of nitriles is 1. The Hall–Kier alpha value is -1.28. The molecule has 0 amide bonds. The smallest absolute Gasteiger partial charge is 0.101 e. The van der Waals surface area contributed by atoms with E-state index in [1.807, 2.05) is 12.1 Å². The predicted octanol–water partition coefficient (Wildman–Crippen LogP) is 2.15. The zero-order valence-electron chi connectivity index (χ0n) is 11.0. The Morgan fingerprint density at radius 1 is 1.58 bits per heavy atom. The molecule has 5 heteroatoms. The monoisotopic (exact) mass is 279 g/mol. The van der Waals surface area contributed by atoms with Gasteiger partial charge in [-0.1, -0.05) is 11.6 Å². The average molecular weight is 280 g/mol. The molecule has 1 aromatic carbocycles. The molecule has 0 radical (unpaired) electrons. The van der Waals surface area contributed by atoms with E-state index in [9.17, 15) is 5.26 Å². The summed E-state index contributed by atoms with van der Waals surface area (Å²) < 4.78 is 5.41. The minimum atomic E-state index is 0.201. The SMILES string of the molecule is COC1CCN(c2ccc(Cl)cc2C#N)C(CN)C1. The molecule has 102 valence electrons. The van der Waals surface area contributed by atoms with Gasteiger partial charge >= 0.3 is 0 Å². The minimum Gasteiger partial charge on any atom is -0.381 e. The number of benzene rings is 1. The second-order valence-electron chi connectivity index (χ2n) is 4.74. The zero-order chi connectivity index (χ0) is 13.8. The van der Waals surface area contributed by atoms with Gasteiger partial charge in [0.1, 0.15) is 6.07 Å². The van der Waals surface area contributed by atoms with Crippen LogP contribution in [-0.2, 0) is 4.74 Å². The second kappa shape index (κ2) is 6.25. The molecule has 1 aliphatic rings. The first kappa shape index (κ1) is 14.1. The van der Waals surface area contributed by atoms with Gasteiger partial charge in [0.2, 0.25) is 0 Å². The van der Waals surface area contributed by atoms with Crippen LogP contribution in [0.3, 0.4) is 0 Å². The number of hydrogen-bond donors (Lipinski definition) is 1. The summed E-state index contributed by atoms with van der Waals surface area (Å²) in [5, 5.41) is 9.82.